The number of halogens is 3. The van der Waals surface area contributed by atoms with Crippen LogP contribution in [-0.2, 0) is 6.18 Å². The van der Waals surface area contributed by atoms with Gasteiger partial charge in [0.2, 0.25) is 0 Å². The highest BCUT2D eigenvalue weighted by atomic mass is 19.4. The first kappa shape index (κ1) is 15.0. The second kappa shape index (κ2) is 5.08. The van der Waals surface area contributed by atoms with Gasteiger partial charge in [0, 0.05) is 17.3 Å². The quantitative estimate of drug-likeness (QED) is 0.736. The van der Waals surface area contributed by atoms with Crippen LogP contribution in [0.5, 0.6) is 0 Å². The second-order valence-corrected chi connectivity index (χ2v) is 4.98. The van der Waals surface area contributed by atoms with Crippen molar-refractivity contribution in [1.29, 1.82) is 0 Å². The van der Waals surface area contributed by atoms with E-state index in [1.807, 2.05) is 0 Å². The molecule has 0 amide bonds. The maximum absolute atomic E-state index is 12.9. The number of nitrogens with two attached hydrogens (primary N) is 1. The summed E-state index contributed by atoms with van der Waals surface area (Å²) >= 11 is 0. The third-order valence-electron chi connectivity index (χ3n) is 3.37. The van der Waals surface area contributed by atoms with Crippen molar-refractivity contribution in [2.24, 2.45) is 0 Å². The van der Waals surface area contributed by atoms with E-state index in [9.17, 15) is 18.0 Å². The van der Waals surface area contributed by atoms with Gasteiger partial charge in [0.15, 0.2) is 22.9 Å². The SMILES string of the molecule is CC(=O)c1cccc(-c2cnc3c(N)nc(C(F)(F)F)cn23)c1. The van der Waals surface area contributed by atoms with Crippen molar-refractivity contribution in [3.63, 3.8) is 0 Å². The van der Waals surface area contributed by atoms with Crippen LogP contribution in [0.2, 0.25) is 0 Å². The van der Waals surface area contributed by atoms with Crippen LogP contribution in [0, 0.1) is 0 Å². The lowest BCUT2D eigenvalue weighted by Crippen LogP contribution is -2.12. The first-order valence-electron chi connectivity index (χ1n) is 6.59. The number of nitrogens with zero attached hydrogens (tertiary/aromatic N) is 3. The molecule has 2 N–H and O–H groups in total. The Balaban J connectivity index is 2.25. The smallest absolute Gasteiger partial charge is 0.381 e. The van der Waals surface area contributed by atoms with Crippen molar-refractivity contribution in [3.05, 3.63) is 47.9 Å². The number of benzene rings is 1. The number of nitrogen functional groups attached to an aromatic ring is 1. The van der Waals surface area contributed by atoms with E-state index in [1.165, 1.54) is 17.5 Å². The van der Waals surface area contributed by atoms with Crippen LogP contribution in [0.3, 0.4) is 0 Å². The van der Waals surface area contributed by atoms with Crippen molar-refractivity contribution in [2.75, 3.05) is 5.73 Å². The van der Waals surface area contributed by atoms with Gasteiger partial charge in [0.1, 0.15) is 0 Å². The van der Waals surface area contributed by atoms with Crippen molar-refractivity contribution in [1.82, 2.24) is 14.4 Å². The van der Waals surface area contributed by atoms with E-state index in [0.717, 1.165) is 6.20 Å². The van der Waals surface area contributed by atoms with E-state index >= 15 is 0 Å². The number of imidazole rings is 1. The molecule has 8 heteroatoms. The van der Waals surface area contributed by atoms with Gasteiger partial charge in [0.25, 0.3) is 0 Å². The number of fused-ring (bicyclic) bond motifs is 1. The fraction of sp³-hybridized carbons (Fsp3) is 0.133. The molecule has 3 rings (SSSR count). The minimum Gasteiger partial charge on any atom is -0.381 e. The number of rotatable bonds is 2. The average Bonchev–Trinajstić information content (AvgIpc) is 2.91. The van der Waals surface area contributed by atoms with Crippen LogP contribution in [0.25, 0.3) is 16.9 Å². The number of carbonyl (C=O) groups is 1. The Morgan fingerprint density at radius 2 is 2.04 bits per heavy atom. The van der Waals surface area contributed by atoms with Crippen molar-refractivity contribution in [3.8, 4) is 11.3 Å². The summed E-state index contributed by atoms with van der Waals surface area (Å²) in [6, 6.07) is 6.56. The molecule has 0 saturated carbocycles. The predicted octanol–water partition coefficient (Wildman–Crippen LogP) is 3.20. The monoisotopic (exact) mass is 320 g/mol. The molecule has 2 heterocycles. The van der Waals surface area contributed by atoms with Crippen molar-refractivity contribution >= 4 is 17.2 Å². The van der Waals surface area contributed by atoms with Gasteiger partial charge < -0.3 is 5.73 Å². The van der Waals surface area contributed by atoms with Crippen LogP contribution < -0.4 is 5.73 Å². The molecule has 0 fully saturated rings. The third kappa shape index (κ3) is 2.63. The van der Waals surface area contributed by atoms with Gasteiger partial charge in [-0.05, 0) is 13.0 Å². The lowest BCUT2D eigenvalue weighted by atomic mass is 10.1. The maximum Gasteiger partial charge on any atom is 0.434 e. The molecule has 0 unspecified atom stereocenters. The first-order chi connectivity index (χ1) is 10.8. The lowest BCUT2D eigenvalue weighted by Gasteiger charge is -2.09. The molecule has 0 aliphatic rings. The van der Waals surface area contributed by atoms with Gasteiger partial charge >= 0.3 is 6.18 Å². The van der Waals surface area contributed by atoms with Gasteiger partial charge in [-0.2, -0.15) is 13.2 Å². The molecule has 0 saturated heterocycles. The Hall–Kier alpha value is -2.90. The van der Waals surface area contributed by atoms with E-state index in [2.05, 4.69) is 9.97 Å². The summed E-state index contributed by atoms with van der Waals surface area (Å²) in [4.78, 5) is 18.8. The van der Waals surface area contributed by atoms with Gasteiger partial charge in [-0.3, -0.25) is 9.20 Å². The Labute approximate surface area is 128 Å². The number of aromatic nitrogens is 3. The Bertz CT molecular complexity index is 915. The number of Topliss-reactive ketones (excluding diaryl/α,β-unsaturated/α-hetero) is 1. The third-order valence-corrected chi connectivity index (χ3v) is 3.37. The molecular formula is C15H11F3N4O. The summed E-state index contributed by atoms with van der Waals surface area (Å²) in [6.45, 7) is 1.41. The molecule has 1 aromatic carbocycles. The molecule has 118 valence electrons. The zero-order valence-corrected chi connectivity index (χ0v) is 11.9. The Morgan fingerprint density at radius 3 is 2.70 bits per heavy atom. The van der Waals surface area contributed by atoms with Crippen LogP contribution in [-0.4, -0.2) is 20.2 Å². The fourth-order valence-corrected chi connectivity index (χ4v) is 2.26. The van der Waals surface area contributed by atoms with E-state index in [0.29, 0.717) is 16.8 Å². The molecule has 2 aromatic heterocycles. The first-order valence-corrected chi connectivity index (χ1v) is 6.59. The van der Waals surface area contributed by atoms with Gasteiger partial charge in [-0.15, -0.1) is 0 Å². The molecule has 23 heavy (non-hydrogen) atoms. The summed E-state index contributed by atoms with van der Waals surface area (Å²) < 4.78 is 40.0. The van der Waals surface area contributed by atoms with E-state index < -0.39 is 11.9 Å². The highest BCUT2D eigenvalue weighted by Crippen LogP contribution is 2.31. The van der Waals surface area contributed by atoms with Gasteiger partial charge in [0.05, 0.1) is 11.9 Å². The lowest BCUT2D eigenvalue weighted by molar-refractivity contribution is -0.141. The minimum atomic E-state index is -4.62. The molecule has 0 spiro atoms. The maximum atomic E-state index is 12.9. The standard InChI is InChI=1S/C15H11F3N4O/c1-8(23)9-3-2-4-10(5-9)11-6-20-14-13(19)21-12(7-22(11)14)15(16,17)18/h2-7H,1H3,(H2,19,21). The zero-order chi connectivity index (χ0) is 16.8. The molecule has 0 atom stereocenters. The second-order valence-electron chi connectivity index (χ2n) is 4.98. The highest BCUT2D eigenvalue weighted by Gasteiger charge is 2.34. The summed E-state index contributed by atoms with van der Waals surface area (Å²) in [7, 11) is 0. The van der Waals surface area contributed by atoms with Crippen LogP contribution >= 0.6 is 0 Å². The summed E-state index contributed by atoms with van der Waals surface area (Å²) in [5.41, 5.74) is 6.00. The van der Waals surface area contributed by atoms with Crippen molar-refractivity contribution in [2.45, 2.75) is 13.1 Å². The topological polar surface area (TPSA) is 73.3 Å². The van der Waals surface area contributed by atoms with Gasteiger partial charge in [-0.25, -0.2) is 9.97 Å². The van der Waals surface area contributed by atoms with Crippen molar-refractivity contribution < 1.29 is 18.0 Å². The fourth-order valence-electron chi connectivity index (χ4n) is 2.26. The number of carbonyl (C=O) groups excluding carboxylic acids is 1. The average molecular weight is 320 g/mol. The van der Waals surface area contributed by atoms with E-state index in [1.54, 1.807) is 24.3 Å². The number of anilines is 1. The summed E-state index contributed by atoms with van der Waals surface area (Å²) in [5.74, 6) is -0.452. The number of alkyl halides is 3. The molecule has 0 bridgehead atoms. The summed E-state index contributed by atoms with van der Waals surface area (Å²) in [6.07, 6.45) is -2.38. The van der Waals surface area contributed by atoms with E-state index in [-0.39, 0.29) is 17.2 Å². The molecular weight excluding hydrogens is 309 g/mol. The normalized spacial score (nSPS) is 11.8. The zero-order valence-electron chi connectivity index (χ0n) is 11.9. The van der Waals surface area contributed by atoms with Crippen LogP contribution in [0.4, 0.5) is 19.0 Å². The molecule has 5 nitrogen and oxygen atoms in total. The van der Waals surface area contributed by atoms with Gasteiger partial charge in [-0.1, -0.05) is 18.2 Å². The highest BCUT2D eigenvalue weighted by molar-refractivity contribution is 5.95. The number of ketones is 1. The summed E-state index contributed by atoms with van der Waals surface area (Å²) in [5, 5.41) is 0. The van der Waals surface area contributed by atoms with Crippen LogP contribution in [0.1, 0.15) is 23.0 Å². The Kier molecular flexibility index (Phi) is 3.32. The Morgan fingerprint density at radius 1 is 1.30 bits per heavy atom. The molecule has 3 aromatic rings. The largest absolute Gasteiger partial charge is 0.434 e. The minimum absolute atomic E-state index is 0.126. The number of hydrogen-bond donors (Lipinski definition) is 1. The molecule has 0 radical (unpaired) electrons. The number of hydrogen-bond acceptors (Lipinski definition) is 4. The molecule has 0 aliphatic heterocycles. The predicted molar refractivity (Wildman–Crippen MR) is 77.8 cm³/mol. The van der Waals surface area contributed by atoms with Crippen LogP contribution in [0.15, 0.2) is 36.7 Å². The molecule has 0 aliphatic carbocycles. The van der Waals surface area contributed by atoms with E-state index in [4.69, 9.17) is 5.73 Å².